The van der Waals surface area contributed by atoms with Crippen molar-refractivity contribution in [3.05, 3.63) is 65.4 Å². The van der Waals surface area contributed by atoms with Crippen LogP contribution in [-0.2, 0) is 10.2 Å². The van der Waals surface area contributed by atoms with Crippen molar-refractivity contribution in [2.75, 3.05) is 18.4 Å². The summed E-state index contributed by atoms with van der Waals surface area (Å²) in [6, 6.07) is 8.44. The van der Waals surface area contributed by atoms with Crippen LogP contribution in [0.2, 0.25) is 0 Å². The van der Waals surface area contributed by atoms with E-state index in [2.05, 4.69) is 48.7 Å². The third-order valence-electron chi connectivity index (χ3n) is 5.15. The van der Waals surface area contributed by atoms with Crippen molar-refractivity contribution in [2.45, 2.75) is 25.7 Å². The fourth-order valence-electron chi connectivity index (χ4n) is 3.75. The van der Waals surface area contributed by atoms with Gasteiger partial charge in [0, 0.05) is 29.4 Å². The molecule has 1 fully saturated rings. The molecule has 1 saturated heterocycles. The predicted molar refractivity (Wildman–Crippen MR) is 106 cm³/mol. The maximum atomic E-state index is 11.4. The van der Waals surface area contributed by atoms with E-state index in [1.54, 1.807) is 24.4 Å². The smallest absolute Gasteiger partial charge is 0.250 e. The standard InChI is InChI=1S/C21H26N4O/c1-14-10-21(2,13-24-11-14)16-6-8-17(9-7-16)25-12-15-4-3-5-18(19(15)22)20(23)26/h3-9,12,14,22,24-25H,10-11,13H2,1-2H3,(H2,23,26)/b15-12-,22-19?/t14-,21-/m1/s1. The van der Waals surface area contributed by atoms with Crippen LogP contribution in [0.1, 0.15) is 25.8 Å². The summed E-state index contributed by atoms with van der Waals surface area (Å²) in [5.41, 5.74) is 8.72. The molecule has 1 amide bonds. The second kappa shape index (κ2) is 7.30. The Bertz CT molecular complexity index is 804. The van der Waals surface area contributed by atoms with Crippen molar-refractivity contribution >= 4 is 17.3 Å². The van der Waals surface area contributed by atoms with E-state index in [-0.39, 0.29) is 16.7 Å². The van der Waals surface area contributed by atoms with Gasteiger partial charge >= 0.3 is 0 Å². The molecule has 5 N–H and O–H groups in total. The molecule has 1 aliphatic heterocycles. The van der Waals surface area contributed by atoms with Crippen molar-refractivity contribution in [3.8, 4) is 0 Å². The van der Waals surface area contributed by atoms with Gasteiger partial charge < -0.3 is 16.4 Å². The molecule has 0 aromatic heterocycles. The number of rotatable bonds is 4. The Hall–Kier alpha value is -2.66. The maximum Gasteiger partial charge on any atom is 0.250 e. The summed E-state index contributed by atoms with van der Waals surface area (Å²) in [5, 5.41) is 14.8. The minimum Gasteiger partial charge on any atom is -0.366 e. The number of anilines is 1. The Kier molecular flexibility index (Phi) is 5.09. The molecule has 0 radical (unpaired) electrons. The molecule has 2 aliphatic rings. The van der Waals surface area contributed by atoms with Crippen LogP contribution in [0.3, 0.4) is 0 Å². The largest absolute Gasteiger partial charge is 0.366 e. The second-order valence-corrected chi connectivity index (χ2v) is 7.50. The maximum absolute atomic E-state index is 11.4. The molecule has 2 atom stereocenters. The van der Waals surface area contributed by atoms with E-state index < -0.39 is 5.91 Å². The van der Waals surface area contributed by atoms with Crippen LogP contribution in [0.25, 0.3) is 0 Å². The minimum absolute atomic E-state index is 0.138. The van der Waals surface area contributed by atoms with Crippen LogP contribution in [0, 0.1) is 11.3 Å². The van der Waals surface area contributed by atoms with Crippen molar-refractivity contribution in [1.29, 1.82) is 5.41 Å². The normalized spacial score (nSPS) is 27.3. The van der Waals surface area contributed by atoms with Crippen LogP contribution in [0.5, 0.6) is 0 Å². The molecule has 1 aromatic rings. The van der Waals surface area contributed by atoms with E-state index in [9.17, 15) is 4.79 Å². The van der Waals surface area contributed by atoms with Crippen molar-refractivity contribution in [1.82, 2.24) is 5.32 Å². The van der Waals surface area contributed by atoms with E-state index in [1.165, 1.54) is 12.0 Å². The van der Waals surface area contributed by atoms with Gasteiger partial charge in [-0.15, -0.1) is 0 Å². The van der Waals surface area contributed by atoms with Gasteiger partial charge in [0.2, 0.25) is 0 Å². The first-order valence-corrected chi connectivity index (χ1v) is 8.94. The number of benzene rings is 1. The Morgan fingerprint density at radius 1 is 1.38 bits per heavy atom. The van der Waals surface area contributed by atoms with E-state index in [0.717, 1.165) is 18.8 Å². The molecule has 0 spiro atoms. The fraction of sp³-hybridized carbons (Fsp3) is 0.333. The molecule has 5 heteroatoms. The summed E-state index contributed by atoms with van der Waals surface area (Å²) < 4.78 is 0. The SMILES string of the molecule is C[C@H]1CNC[C@](C)(c2ccc(N/C=C3/C=CC=C(C(N)=O)C3=N)cc2)C1. The number of primary amides is 1. The van der Waals surface area contributed by atoms with E-state index in [4.69, 9.17) is 11.1 Å². The summed E-state index contributed by atoms with van der Waals surface area (Å²) in [6.07, 6.45) is 7.99. The molecule has 0 unspecified atom stereocenters. The Morgan fingerprint density at radius 2 is 2.12 bits per heavy atom. The summed E-state index contributed by atoms with van der Waals surface area (Å²) in [4.78, 5) is 11.4. The molecule has 1 aromatic carbocycles. The van der Waals surface area contributed by atoms with Gasteiger partial charge in [-0.25, -0.2) is 0 Å². The van der Waals surface area contributed by atoms with Gasteiger partial charge in [-0.1, -0.05) is 38.1 Å². The third kappa shape index (κ3) is 3.78. The Balaban J connectivity index is 1.70. The molecule has 0 bridgehead atoms. The zero-order valence-corrected chi connectivity index (χ0v) is 15.3. The molecule has 3 rings (SSSR count). The van der Waals surface area contributed by atoms with Crippen molar-refractivity contribution in [3.63, 3.8) is 0 Å². The lowest BCUT2D eigenvalue weighted by Gasteiger charge is -2.38. The lowest BCUT2D eigenvalue weighted by atomic mass is 9.73. The molecular formula is C21H26N4O. The van der Waals surface area contributed by atoms with Crippen molar-refractivity contribution in [2.24, 2.45) is 11.7 Å². The molecular weight excluding hydrogens is 324 g/mol. The van der Waals surface area contributed by atoms with Gasteiger partial charge in [-0.2, -0.15) is 0 Å². The number of carbonyl (C=O) groups excluding carboxylic acids is 1. The average molecular weight is 350 g/mol. The van der Waals surface area contributed by atoms with Crippen LogP contribution in [0.15, 0.2) is 59.8 Å². The van der Waals surface area contributed by atoms with E-state index in [1.807, 2.05) is 0 Å². The highest BCUT2D eigenvalue weighted by Crippen LogP contribution is 2.33. The summed E-state index contributed by atoms with van der Waals surface area (Å²) in [5.74, 6) is 0.0889. The van der Waals surface area contributed by atoms with Gasteiger partial charge in [0.05, 0.1) is 11.3 Å². The van der Waals surface area contributed by atoms with E-state index >= 15 is 0 Å². The highest BCUT2D eigenvalue weighted by atomic mass is 16.1. The second-order valence-electron chi connectivity index (χ2n) is 7.50. The predicted octanol–water partition coefficient (Wildman–Crippen LogP) is 2.87. The first-order valence-electron chi connectivity index (χ1n) is 8.94. The lowest BCUT2D eigenvalue weighted by Crippen LogP contribution is -2.44. The summed E-state index contributed by atoms with van der Waals surface area (Å²) >= 11 is 0. The highest BCUT2D eigenvalue weighted by Gasteiger charge is 2.31. The lowest BCUT2D eigenvalue weighted by molar-refractivity contribution is -0.114. The summed E-state index contributed by atoms with van der Waals surface area (Å²) in [7, 11) is 0. The van der Waals surface area contributed by atoms with Gasteiger partial charge in [-0.3, -0.25) is 10.2 Å². The number of hydrogen-bond donors (Lipinski definition) is 4. The number of carbonyl (C=O) groups is 1. The van der Waals surface area contributed by atoms with Gasteiger partial charge in [-0.05, 0) is 42.7 Å². The Labute approximate surface area is 154 Å². The Morgan fingerprint density at radius 3 is 2.77 bits per heavy atom. The summed E-state index contributed by atoms with van der Waals surface area (Å²) in [6.45, 7) is 6.68. The number of piperidine rings is 1. The van der Waals surface area contributed by atoms with Crippen LogP contribution >= 0.6 is 0 Å². The van der Waals surface area contributed by atoms with Crippen LogP contribution in [-0.4, -0.2) is 24.7 Å². The number of amides is 1. The molecule has 1 heterocycles. The topological polar surface area (TPSA) is 91.0 Å². The first-order chi connectivity index (χ1) is 12.4. The van der Waals surface area contributed by atoms with Gasteiger partial charge in [0.15, 0.2) is 0 Å². The van der Waals surface area contributed by atoms with Gasteiger partial charge in [0.1, 0.15) is 0 Å². The molecule has 5 nitrogen and oxygen atoms in total. The fourth-order valence-corrected chi connectivity index (χ4v) is 3.75. The first kappa shape index (κ1) is 18.1. The quantitative estimate of drug-likeness (QED) is 0.673. The number of nitrogens with one attached hydrogen (secondary N) is 3. The molecule has 0 saturated carbocycles. The molecule has 136 valence electrons. The highest BCUT2D eigenvalue weighted by molar-refractivity contribution is 6.28. The van der Waals surface area contributed by atoms with Crippen molar-refractivity contribution < 1.29 is 4.79 Å². The molecule has 26 heavy (non-hydrogen) atoms. The minimum atomic E-state index is -0.585. The van der Waals surface area contributed by atoms with Crippen LogP contribution < -0.4 is 16.4 Å². The van der Waals surface area contributed by atoms with E-state index in [0.29, 0.717) is 11.5 Å². The third-order valence-corrected chi connectivity index (χ3v) is 5.15. The number of allylic oxidation sites excluding steroid dienone is 4. The zero-order valence-electron chi connectivity index (χ0n) is 15.3. The molecule has 1 aliphatic carbocycles. The number of hydrogen-bond acceptors (Lipinski definition) is 4. The average Bonchev–Trinajstić information content (AvgIpc) is 2.61. The zero-order chi connectivity index (χ0) is 18.7. The monoisotopic (exact) mass is 350 g/mol. The number of nitrogens with two attached hydrogens (primary N) is 1. The van der Waals surface area contributed by atoms with Gasteiger partial charge in [0.25, 0.3) is 5.91 Å². The van der Waals surface area contributed by atoms with Crippen LogP contribution in [0.4, 0.5) is 5.69 Å².